The Morgan fingerprint density at radius 3 is 2.17 bits per heavy atom. The molecule has 23 heavy (non-hydrogen) atoms. The van der Waals surface area contributed by atoms with Gasteiger partial charge in [-0.25, -0.2) is 0 Å². The van der Waals surface area contributed by atoms with Crippen LogP contribution in [0, 0.1) is 6.92 Å². The van der Waals surface area contributed by atoms with E-state index in [9.17, 15) is 0 Å². The van der Waals surface area contributed by atoms with Crippen LogP contribution < -0.4 is 0 Å². The fourth-order valence-electron chi connectivity index (χ4n) is 2.07. The normalized spacial score (nSPS) is 11.0. The highest BCUT2D eigenvalue weighted by Gasteiger charge is 1.98. The van der Waals surface area contributed by atoms with Crippen molar-refractivity contribution in [2.45, 2.75) is 16.7 Å². The number of halogens is 1. The maximum atomic E-state index is 4.50. The second kappa shape index (κ2) is 7.62. The van der Waals surface area contributed by atoms with Gasteiger partial charge in [-0.2, -0.15) is 0 Å². The molecule has 0 amide bonds. The standard InChI is InChI=1S/C20H16BrNS/c1-15-5-9-19(10-6-15)23-20-11-7-16(8-12-20)14-22-18-4-2-3-17(21)13-18/h2-14H,1H3. The lowest BCUT2D eigenvalue weighted by Gasteiger charge is -2.03. The van der Waals surface area contributed by atoms with Gasteiger partial charge in [0.2, 0.25) is 0 Å². The average Bonchev–Trinajstić information content (AvgIpc) is 2.56. The van der Waals surface area contributed by atoms with E-state index in [1.807, 2.05) is 30.5 Å². The molecule has 0 aliphatic heterocycles. The Balaban J connectivity index is 1.68. The number of nitrogens with zero attached hydrogens (tertiary/aromatic N) is 1. The summed E-state index contributed by atoms with van der Waals surface area (Å²) in [6, 6.07) is 25.0. The lowest BCUT2D eigenvalue weighted by Crippen LogP contribution is -1.81. The molecular formula is C20H16BrNS. The molecule has 0 aromatic heterocycles. The van der Waals surface area contributed by atoms with Gasteiger partial charge in [-0.3, -0.25) is 4.99 Å². The minimum absolute atomic E-state index is 0.942. The third-order valence-corrected chi connectivity index (χ3v) is 4.82. The summed E-state index contributed by atoms with van der Waals surface area (Å²) in [6.07, 6.45) is 1.89. The first kappa shape index (κ1) is 16.0. The molecule has 0 aliphatic carbocycles. The highest BCUT2D eigenvalue weighted by atomic mass is 79.9. The number of aryl methyl sites for hydroxylation is 1. The van der Waals surface area contributed by atoms with E-state index in [2.05, 4.69) is 76.4 Å². The smallest absolute Gasteiger partial charge is 0.0641 e. The first-order valence-electron chi connectivity index (χ1n) is 7.33. The molecule has 3 aromatic carbocycles. The first-order chi connectivity index (χ1) is 11.2. The number of benzene rings is 3. The van der Waals surface area contributed by atoms with Gasteiger partial charge < -0.3 is 0 Å². The van der Waals surface area contributed by atoms with Crippen LogP contribution in [0.15, 0.2) is 92.1 Å². The van der Waals surface area contributed by atoms with E-state index in [0.717, 1.165) is 15.7 Å². The van der Waals surface area contributed by atoms with E-state index in [1.165, 1.54) is 15.4 Å². The molecule has 0 radical (unpaired) electrons. The number of hydrogen-bond acceptors (Lipinski definition) is 2. The molecule has 0 fully saturated rings. The zero-order valence-corrected chi connectivity index (χ0v) is 15.1. The second-order valence-electron chi connectivity index (χ2n) is 5.22. The van der Waals surface area contributed by atoms with Gasteiger partial charge in [0.25, 0.3) is 0 Å². The van der Waals surface area contributed by atoms with Crippen LogP contribution in [-0.2, 0) is 0 Å². The monoisotopic (exact) mass is 381 g/mol. The van der Waals surface area contributed by atoms with E-state index in [4.69, 9.17) is 0 Å². The highest BCUT2D eigenvalue weighted by molar-refractivity contribution is 9.10. The van der Waals surface area contributed by atoms with E-state index >= 15 is 0 Å². The largest absolute Gasteiger partial charge is 0.256 e. The van der Waals surface area contributed by atoms with Crippen molar-refractivity contribution in [3.05, 3.63) is 88.4 Å². The molecule has 0 aliphatic rings. The Morgan fingerprint density at radius 2 is 1.52 bits per heavy atom. The third kappa shape index (κ3) is 4.81. The van der Waals surface area contributed by atoms with Crippen LogP contribution in [0.1, 0.15) is 11.1 Å². The SMILES string of the molecule is Cc1ccc(Sc2ccc(C=Nc3cccc(Br)c3)cc2)cc1. The molecule has 114 valence electrons. The first-order valence-corrected chi connectivity index (χ1v) is 8.94. The number of aliphatic imine (C=N–C) groups is 1. The van der Waals surface area contributed by atoms with Crippen molar-refractivity contribution in [3.8, 4) is 0 Å². The molecule has 0 bridgehead atoms. The molecule has 0 unspecified atom stereocenters. The summed E-state index contributed by atoms with van der Waals surface area (Å²) in [6.45, 7) is 2.11. The van der Waals surface area contributed by atoms with Gasteiger partial charge in [0.1, 0.15) is 0 Å². The van der Waals surface area contributed by atoms with Gasteiger partial charge in [-0.05, 0) is 55.0 Å². The molecule has 0 saturated carbocycles. The summed E-state index contributed by atoms with van der Waals surface area (Å²) in [5.41, 5.74) is 3.32. The van der Waals surface area contributed by atoms with Crippen LogP contribution in [0.3, 0.4) is 0 Å². The second-order valence-corrected chi connectivity index (χ2v) is 7.28. The van der Waals surface area contributed by atoms with Gasteiger partial charge in [0.05, 0.1) is 5.69 Å². The minimum atomic E-state index is 0.942. The Hall–Kier alpha value is -1.84. The molecule has 0 N–H and O–H groups in total. The topological polar surface area (TPSA) is 12.4 Å². The fourth-order valence-corrected chi connectivity index (χ4v) is 3.27. The third-order valence-electron chi connectivity index (χ3n) is 3.31. The van der Waals surface area contributed by atoms with E-state index in [1.54, 1.807) is 11.8 Å². The molecule has 0 spiro atoms. The Bertz CT molecular complexity index is 808. The van der Waals surface area contributed by atoms with Gasteiger partial charge in [0.15, 0.2) is 0 Å². The van der Waals surface area contributed by atoms with Gasteiger partial charge in [-0.1, -0.05) is 63.6 Å². The van der Waals surface area contributed by atoms with Crippen LogP contribution in [0.25, 0.3) is 0 Å². The Morgan fingerprint density at radius 1 is 0.870 bits per heavy atom. The predicted molar refractivity (Wildman–Crippen MR) is 103 cm³/mol. The average molecular weight is 382 g/mol. The van der Waals surface area contributed by atoms with E-state index in [-0.39, 0.29) is 0 Å². The summed E-state index contributed by atoms with van der Waals surface area (Å²) in [7, 11) is 0. The minimum Gasteiger partial charge on any atom is -0.256 e. The molecule has 3 aromatic rings. The predicted octanol–water partition coefficient (Wildman–Crippen LogP) is 6.66. The van der Waals surface area contributed by atoms with Crippen LogP contribution in [0.4, 0.5) is 5.69 Å². The molecule has 3 heteroatoms. The van der Waals surface area contributed by atoms with E-state index in [0.29, 0.717) is 0 Å². The fraction of sp³-hybridized carbons (Fsp3) is 0.0500. The van der Waals surface area contributed by atoms with Crippen molar-refractivity contribution < 1.29 is 0 Å². The van der Waals surface area contributed by atoms with Gasteiger partial charge >= 0.3 is 0 Å². The molecule has 0 atom stereocenters. The highest BCUT2D eigenvalue weighted by Crippen LogP contribution is 2.27. The van der Waals surface area contributed by atoms with Crippen LogP contribution >= 0.6 is 27.7 Å². The van der Waals surface area contributed by atoms with E-state index < -0.39 is 0 Å². The lowest BCUT2D eigenvalue weighted by atomic mass is 10.2. The van der Waals surface area contributed by atoms with Gasteiger partial charge in [-0.15, -0.1) is 0 Å². The van der Waals surface area contributed by atoms with Crippen LogP contribution in [0.5, 0.6) is 0 Å². The molecule has 0 heterocycles. The van der Waals surface area contributed by atoms with Crippen molar-refractivity contribution in [1.29, 1.82) is 0 Å². The molecule has 3 rings (SSSR count). The summed E-state index contributed by atoms with van der Waals surface area (Å²) >= 11 is 5.23. The Kier molecular flexibility index (Phi) is 5.31. The van der Waals surface area contributed by atoms with Crippen molar-refractivity contribution in [2.24, 2.45) is 4.99 Å². The van der Waals surface area contributed by atoms with Crippen LogP contribution in [-0.4, -0.2) is 6.21 Å². The van der Waals surface area contributed by atoms with Crippen molar-refractivity contribution >= 4 is 39.6 Å². The van der Waals surface area contributed by atoms with Gasteiger partial charge in [0, 0.05) is 20.5 Å². The van der Waals surface area contributed by atoms with Crippen LogP contribution in [0.2, 0.25) is 0 Å². The zero-order valence-electron chi connectivity index (χ0n) is 12.7. The summed E-state index contributed by atoms with van der Waals surface area (Å²) < 4.78 is 1.04. The maximum absolute atomic E-state index is 4.50. The summed E-state index contributed by atoms with van der Waals surface area (Å²) in [4.78, 5) is 6.98. The van der Waals surface area contributed by atoms with Crippen molar-refractivity contribution in [2.75, 3.05) is 0 Å². The molecule has 0 saturated heterocycles. The zero-order chi connectivity index (χ0) is 16.1. The lowest BCUT2D eigenvalue weighted by molar-refractivity contribution is 1.36. The quantitative estimate of drug-likeness (QED) is 0.460. The number of rotatable bonds is 4. The molecule has 1 nitrogen and oxygen atoms in total. The molecular weight excluding hydrogens is 366 g/mol. The summed E-state index contributed by atoms with van der Waals surface area (Å²) in [5.74, 6) is 0. The number of hydrogen-bond donors (Lipinski definition) is 0. The maximum Gasteiger partial charge on any atom is 0.0641 e. The summed E-state index contributed by atoms with van der Waals surface area (Å²) in [5, 5.41) is 0. The van der Waals surface area contributed by atoms with Crippen molar-refractivity contribution in [1.82, 2.24) is 0 Å². The Labute approximate surface area is 149 Å². The van der Waals surface area contributed by atoms with Crippen molar-refractivity contribution in [3.63, 3.8) is 0 Å².